The lowest BCUT2D eigenvalue weighted by Crippen LogP contribution is -1.86. The molecule has 1 aromatic carbocycles. The van der Waals surface area contributed by atoms with E-state index in [-0.39, 0.29) is 0 Å². The van der Waals surface area contributed by atoms with Crippen LogP contribution in [0.15, 0.2) is 47.7 Å². The molecule has 0 bridgehead atoms. The zero-order valence-electron chi connectivity index (χ0n) is 7.79. The molecule has 15 heavy (non-hydrogen) atoms. The molecule has 0 fully saturated rings. The van der Waals surface area contributed by atoms with E-state index in [1.165, 1.54) is 6.08 Å². The molecule has 1 aromatic heterocycles. The first kappa shape index (κ1) is 9.24. The van der Waals surface area contributed by atoms with Gasteiger partial charge in [-0.15, -0.1) is 0 Å². The van der Waals surface area contributed by atoms with Crippen molar-refractivity contribution in [3.05, 3.63) is 42.7 Å². The van der Waals surface area contributed by atoms with E-state index in [9.17, 15) is 4.79 Å². The van der Waals surface area contributed by atoms with Crippen LogP contribution in [0.5, 0.6) is 0 Å². The summed E-state index contributed by atoms with van der Waals surface area (Å²) in [6.07, 6.45) is 4.80. The molecule has 0 N–H and O–H groups in total. The quantitative estimate of drug-likeness (QED) is 0.547. The SMILES string of the molecule is O=C=Nc1ccccc1-c1ncccn1. The van der Waals surface area contributed by atoms with E-state index in [0.29, 0.717) is 11.5 Å². The van der Waals surface area contributed by atoms with Crippen molar-refractivity contribution >= 4 is 11.8 Å². The molecule has 0 aliphatic rings. The largest absolute Gasteiger partial charge is 0.240 e. The van der Waals surface area contributed by atoms with Crippen LogP contribution in [0.4, 0.5) is 5.69 Å². The molecule has 1 heterocycles. The highest BCUT2D eigenvalue weighted by Gasteiger charge is 2.04. The molecule has 2 aromatic rings. The maximum Gasteiger partial charge on any atom is 0.240 e. The summed E-state index contributed by atoms with van der Waals surface area (Å²) in [5, 5.41) is 0. The van der Waals surface area contributed by atoms with E-state index in [2.05, 4.69) is 15.0 Å². The molecule has 0 atom stereocenters. The predicted molar refractivity (Wildman–Crippen MR) is 55.2 cm³/mol. The summed E-state index contributed by atoms with van der Waals surface area (Å²) in [4.78, 5) is 22.0. The molecular formula is C11H7N3O. The Morgan fingerprint density at radius 3 is 2.53 bits per heavy atom. The first-order valence-corrected chi connectivity index (χ1v) is 4.36. The molecule has 4 nitrogen and oxygen atoms in total. The number of benzene rings is 1. The minimum Gasteiger partial charge on any atom is -0.237 e. The van der Waals surface area contributed by atoms with Crippen LogP contribution < -0.4 is 0 Å². The zero-order valence-corrected chi connectivity index (χ0v) is 7.79. The van der Waals surface area contributed by atoms with Crippen molar-refractivity contribution in [1.29, 1.82) is 0 Å². The third-order valence-electron chi connectivity index (χ3n) is 1.88. The van der Waals surface area contributed by atoms with Crippen molar-refractivity contribution in [3.8, 4) is 11.4 Å². The highest BCUT2D eigenvalue weighted by atomic mass is 16.1. The number of nitrogens with zero attached hydrogens (tertiary/aromatic N) is 3. The number of aromatic nitrogens is 2. The molecule has 0 saturated carbocycles. The Bertz CT molecular complexity index is 504. The Balaban J connectivity index is 2.58. The van der Waals surface area contributed by atoms with E-state index >= 15 is 0 Å². The summed E-state index contributed by atoms with van der Waals surface area (Å²) in [6, 6.07) is 8.90. The molecule has 72 valence electrons. The molecule has 0 radical (unpaired) electrons. The van der Waals surface area contributed by atoms with E-state index in [0.717, 1.165) is 5.56 Å². The second-order valence-corrected chi connectivity index (χ2v) is 2.79. The summed E-state index contributed by atoms with van der Waals surface area (Å²) in [5.41, 5.74) is 1.25. The van der Waals surface area contributed by atoms with Gasteiger partial charge < -0.3 is 0 Å². The van der Waals surface area contributed by atoms with Crippen LogP contribution in [0, 0.1) is 0 Å². The second kappa shape index (κ2) is 4.26. The third-order valence-corrected chi connectivity index (χ3v) is 1.88. The minimum absolute atomic E-state index is 0.527. The fourth-order valence-corrected chi connectivity index (χ4v) is 1.25. The van der Waals surface area contributed by atoms with Gasteiger partial charge in [-0.2, -0.15) is 4.99 Å². The van der Waals surface area contributed by atoms with Crippen LogP contribution in [0.25, 0.3) is 11.4 Å². The average Bonchev–Trinajstić information content (AvgIpc) is 2.31. The van der Waals surface area contributed by atoms with Crippen molar-refractivity contribution in [2.24, 2.45) is 4.99 Å². The topological polar surface area (TPSA) is 55.2 Å². The van der Waals surface area contributed by atoms with Gasteiger partial charge in [-0.25, -0.2) is 14.8 Å². The van der Waals surface area contributed by atoms with Crippen molar-refractivity contribution < 1.29 is 4.79 Å². The maximum absolute atomic E-state index is 10.2. The van der Waals surface area contributed by atoms with Crippen LogP contribution in [0.3, 0.4) is 0 Å². The summed E-state index contributed by atoms with van der Waals surface area (Å²) in [7, 11) is 0. The molecule has 0 amide bonds. The lowest BCUT2D eigenvalue weighted by atomic mass is 10.1. The van der Waals surface area contributed by atoms with E-state index in [4.69, 9.17) is 0 Å². The smallest absolute Gasteiger partial charge is 0.237 e. The van der Waals surface area contributed by atoms with Crippen molar-refractivity contribution in [2.75, 3.05) is 0 Å². The number of aliphatic imine (C=N–C) groups is 1. The number of carbonyl (C=O) groups excluding carboxylic acids is 1. The zero-order chi connectivity index (χ0) is 10.5. The van der Waals surface area contributed by atoms with Crippen molar-refractivity contribution in [1.82, 2.24) is 9.97 Å². The van der Waals surface area contributed by atoms with Crippen LogP contribution in [-0.4, -0.2) is 16.0 Å². The molecule has 0 unspecified atom stereocenters. The monoisotopic (exact) mass is 197 g/mol. The molecule has 0 aliphatic heterocycles. The van der Waals surface area contributed by atoms with Gasteiger partial charge in [0.2, 0.25) is 6.08 Å². The molecular weight excluding hydrogens is 190 g/mol. The highest BCUT2D eigenvalue weighted by Crippen LogP contribution is 2.26. The summed E-state index contributed by atoms with van der Waals surface area (Å²) >= 11 is 0. The molecule has 4 heteroatoms. The Morgan fingerprint density at radius 2 is 1.80 bits per heavy atom. The summed E-state index contributed by atoms with van der Waals surface area (Å²) in [5.74, 6) is 0.548. The fraction of sp³-hybridized carbons (Fsp3) is 0. The van der Waals surface area contributed by atoms with Crippen molar-refractivity contribution in [3.63, 3.8) is 0 Å². The molecule has 2 rings (SSSR count). The third kappa shape index (κ3) is 1.95. The molecule has 0 spiro atoms. The maximum atomic E-state index is 10.2. The van der Waals surface area contributed by atoms with Crippen LogP contribution in [0.1, 0.15) is 0 Å². The van der Waals surface area contributed by atoms with Gasteiger partial charge in [0.1, 0.15) is 0 Å². The number of isocyanates is 1. The Hall–Kier alpha value is -2.32. The Morgan fingerprint density at radius 1 is 1.07 bits per heavy atom. The normalized spacial score (nSPS) is 9.33. The Kier molecular flexibility index (Phi) is 2.63. The van der Waals surface area contributed by atoms with E-state index < -0.39 is 0 Å². The first-order chi connectivity index (χ1) is 7.42. The second-order valence-electron chi connectivity index (χ2n) is 2.79. The van der Waals surface area contributed by atoms with Gasteiger partial charge >= 0.3 is 0 Å². The number of hydrogen-bond acceptors (Lipinski definition) is 4. The van der Waals surface area contributed by atoms with Crippen LogP contribution in [0.2, 0.25) is 0 Å². The van der Waals surface area contributed by atoms with E-state index in [1.807, 2.05) is 12.1 Å². The molecule has 0 aliphatic carbocycles. The fourth-order valence-electron chi connectivity index (χ4n) is 1.25. The summed E-state index contributed by atoms with van der Waals surface area (Å²) < 4.78 is 0. The summed E-state index contributed by atoms with van der Waals surface area (Å²) in [6.45, 7) is 0. The van der Waals surface area contributed by atoms with Gasteiger partial charge in [0.25, 0.3) is 0 Å². The lowest BCUT2D eigenvalue weighted by molar-refractivity contribution is 0.565. The number of hydrogen-bond donors (Lipinski definition) is 0. The first-order valence-electron chi connectivity index (χ1n) is 4.36. The number of rotatable bonds is 2. The lowest BCUT2D eigenvalue weighted by Gasteiger charge is -2.01. The standard InChI is InChI=1S/C11H7N3O/c15-8-14-10-5-2-1-4-9(10)11-12-6-3-7-13-11/h1-7H. The number of para-hydroxylation sites is 1. The van der Waals surface area contributed by atoms with Gasteiger partial charge in [-0.05, 0) is 18.2 Å². The van der Waals surface area contributed by atoms with Gasteiger partial charge in [0.15, 0.2) is 5.82 Å². The van der Waals surface area contributed by atoms with Crippen molar-refractivity contribution in [2.45, 2.75) is 0 Å². The predicted octanol–water partition coefficient (Wildman–Crippen LogP) is 2.11. The highest BCUT2D eigenvalue weighted by molar-refractivity contribution is 5.72. The minimum atomic E-state index is 0.527. The van der Waals surface area contributed by atoms with Gasteiger partial charge in [-0.1, -0.05) is 12.1 Å². The van der Waals surface area contributed by atoms with Gasteiger partial charge in [-0.3, -0.25) is 0 Å². The van der Waals surface area contributed by atoms with Crippen LogP contribution >= 0.6 is 0 Å². The molecule has 0 saturated heterocycles. The van der Waals surface area contributed by atoms with E-state index in [1.54, 1.807) is 30.6 Å². The van der Waals surface area contributed by atoms with Gasteiger partial charge in [0, 0.05) is 18.0 Å². The Labute approximate surface area is 86.3 Å². The van der Waals surface area contributed by atoms with Gasteiger partial charge in [0.05, 0.1) is 5.69 Å². The average molecular weight is 197 g/mol. The van der Waals surface area contributed by atoms with Crippen LogP contribution in [-0.2, 0) is 4.79 Å².